The SMILES string of the molecule is CCOc1cc(CNCCCN2CCOCC2)ccc1OCc1ccc(Cl)cc1Cl.Cl.Cl. The molecule has 32 heavy (non-hydrogen) atoms. The van der Waals surface area contributed by atoms with Crippen molar-refractivity contribution in [2.45, 2.75) is 26.5 Å². The van der Waals surface area contributed by atoms with Gasteiger partial charge in [0.2, 0.25) is 0 Å². The maximum absolute atomic E-state index is 6.24. The molecule has 0 atom stereocenters. The average Bonchev–Trinajstić information content (AvgIpc) is 2.75. The summed E-state index contributed by atoms with van der Waals surface area (Å²) in [5.74, 6) is 1.45. The molecule has 0 radical (unpaired) electrons. The highest BCUT2D eigenvalue weighted by Gasteiger charge is 2.10. The summed E-state index contributed by atoms with van der Waals surface area (Å²) in [5, 5.41) is 4.72. The minimum absolute atomic E-state index is 0. The second-order valence-corrected chi connectivity index (χ2v) is 8.07. The van der Waals surface area contributed by atoms with E-state index in [1.807, 2.05) is 31.2 Å². The summed E-state index contributed by atoms with van der Waals surface area (Å²) in [4.78, 5) is 2.46. The van der Waals surface area contributed by atoms with Crippen molar-refractivity contribution in [3.05, 3.63) is 57.6 Å². The van der Waals surface area contributed by atoms with Gasteiger partial charge in [-0.05, 0) is 56.3 Å². The summed E-state index contributed by atoms with van der Waals surface area (Å²) < 4.78 is 17.2. The van der Waals surface area contributed by atoms with E-state index in [9.17, 15) is 0 Å². The molecule has 1 aliphatic heterocycles. The number of halogens is 4. The van der Waals surface area contributed by atoms with Gasteiger partial charge in [0.25, 0.3) is 0 Å². The van der Waals surface area contributed by atoms with Crippen molar-refractivity contribution >= 4 is 48.0 Å². The van der Waals surface area contributed by atoms with Crippen LogP contribution in [0.25, 0.3) is 0 Å². The molecule has 0 aromatic heterocycles. The fourth-order valence-corrected chi connectivity index (χ4v) is 3.79. The van der Waals surface area contributed by atoms with Crippen molar-refractivity contribution in [3.63, 3.8) is 0 Å². The highest BCUT2D eigenvalue weighted by molar-refractivity contribution is 6.35. The highest BCUT2D eigenvalue weighted by Crippen LogP contribution is 2.30. The standard InChI is InChI=1S/C23H30Cl2N2O3.2ClH/c1-2-29-23-14-18(16-26-8-3-9-27-10-12-28-13-11-27)4-7-22(23)30-17-19-5-6-20(24)15-21(19)25;;/h4-7,14-15,26H,2-3,8-13,16-17H2,1H3;2*1H. The first-order chi connectivity index (χ1) is 14.7. The molecule has 2 aromatic rings. The Bertz CT molecular complexity index is 805. The number of rotatable bonds is 11. The maximum atomic E-state index is 6.24. The molecule has 0 spiro atoms. The van der Waals surface area contributed by atoms with Gasteiger partial charge in [-0.3, -0.25) is 4.90 Å². The second-order valence-electron chi connectivity index (χ2n) is 7.22. The van der Waals surface area contributed by atoms with Gasteiger partial charge < -0.3 is 19.5 Å². The monoisotopic (exact) mass is 524 g/mol. The van der Waals surface area contributed by atoms with Gasteiger partial charge in [-0.25, -0.2) is 0 Å². The van der Waals surface area contributed by atoms with Gasteiger partial charge in [0.05, 0.1) is 19.8 Å². The van der Waals surface area contributed by atoms with Crippen molar-refractivity contribution in [1.82, 2.24) is 10.2 Å². The van der Waals surface area contributed by atoms with Gasteiger partial charge in [-0.1, -0.05) is 35.3 Å². The molecule has 0 saturated carbocycles. The fourth-order valence-electron chi connectivity index (χ4n) is 3.33. The van der Waals surface area contributed by atoms with E-state index in [0.29, 0.717) is 29.0 Å². The molecule has 1 N–H and O–H groups in total. The third-order valence-corrected chi connectivity index (χ3v) is 5.55. The Labute approximate surface area is 213 Å². The van der Waals surface area contributed by atoms with Gasteiger partial charge in [-0.15, -0.1) is 24.8 Å². The Kier molecular flexibility index (Phi) is 14.4. The van der Waals surface area contributed by atoms with E-state index >= 15 is 0 Å². The molecule has 5 nitrogen and oxygen atoms in total. The van der Waals surface area contributed by atoms with Crippen molar-refractivity contribution < 1.29 is 14.2 Å². The summed E-state index contributed by atoms with van der Waals surface area (Å²) in [6.45, 7) is 9.58. The molecule has 9 heteroatoms. The summed E-state index contributed by atoms with van der Waals surface area (Å²) >= 11 is 12.2. The van der Waals surface area contributed by atoms with Crippen molar-refractivity contribution in [1.29, 1.82) is 0 Å². The van der Waals surface area contributed by atoms with Gasteiger partial charge in [0.15, 0.2) is 11.5 Å². The summed E-state index contributed by atoms with van der Waals surface area (Å²) in [6, 6.07) is 11.5. The number of hydrogen-bond donors (Lipinski definition) is 1. The Hall–Kier alpha value is -0.920. The van der Waals surface area contributed by atoms with Crippen molar-refractivity contribution in [2.24, 2.45) is 0 Å². The van der Waals surface area contributed by atoms with Crippen LogP contribution < -0.4 is 14.8 Å². The van der Waals surface area contributed by atoms with Gasteiger partial charge in [0.1, 0.15) is 6.61 Å². The molecule has 2 aromatic carbocycles. The topological polar surface area (TPSA) is 43.0 Å². The summed E-state index contributed by atoms with van der Waals surface area (Å²) in [6.07, 6.45) is 1.13. The van der Waals surface area contributed by atoms with Gasteiger partial charge in [0, 0.05) is 35.2 Å². The molecule has 1 heterocycles. The molecule has 180 valence electrons. The number of morpholine rings is 1. The number of nitrogens with zero attached hydrogens (tertiary/aromatic N) is 1. The lowest BCUT2D eigenvalue weighted by molar-refractivity contribution is 0.0374. The normalized spacial score (nSPS) is 13.7. The Morgan fingerprint density at radius 1 is 1.00 bits per heavy atom. The van der Waals surface area contributed by atoms with E-state index in [4.69, 9.17) is 37.4 Å². The van der Waals surface area contributed by atoms with E-state index in [1.54, 1.807) is 6.07 Å². The first-order valence-corrected chi connectivity index (χ1v) is 11.2. The highest BCUT2D eigenvalue weighted by atomic mass is 35.5. The van der Waals surface area contributed by atoms with Crippen LogP contribution in [0.2, 0.25) is 10.0 Å². The zero-order valence-corrected chi connectivity index (χ0v) is 21.4. The smallest absolute Gasteiger partial charge is 0.161 e. The maximum Gasteiger partial charge on any atom is 0.161 e. The Morgan fingerprint density at radius 3 is 2.50 bits per heavy atom. The van der Waals surface area contributed by atoms with Crippen LogP contribution in [-0.2, 0) is 17.9 Å². The minimum atomic E-state index is 0. The summed E-state index contributed by atoms with van der Waals surface area (Å²) in [5.41, 5.74) is 2.05. The van der Waals surface area contributed by atoms with Crippen LogP contribution >= 0.6 is 48.0 Å². The predicted octanol–water partition coefficient (Wildman–Crippen LogP) is 5.63. The fraction of sp³-hybridized carbons (Fsp3) is 0.478. The van der Waals surface area contributed by atoms with Crippen molar-refractivity contribution in [2.75, 3.05) is 46.0 Å². The first-order valence-electron chi connectivity index (χ1n) is 10.5. The van der Waals surface area contributed by atoms with Crippen LogP contribution in [0.3, 0.4) is 0 Å². The largest absolute Gasteiger partial charge is 0.490 e. The average molecular weight is 526 g/mol. The third-order valence-electron chi connectivity index (χ3n) is 4.97. The number of nitrogens with one attached hydrogen (secondary N) is 1. The lowest BCUT2D eigenvalue weighted by atomic mass is 10.2. The van der Waals surface area contributed by atoms with Gasteiger partial charge in [-0.2, -0.15) is 0 Å². The molecule has 1 saturated heterocycles. The van der Waals surface area contributed by atoms with Crippen LogP contribution in [-0.4, -0.2) is 50.9 Å². The number of ether oxygens (including phenoxy) is 3. The summed E-state index contributed by atoms with van der Waals surface area (Å²) in [7, 11) is 0. The first kappa shape index (κ1) is 29.1. The lowest BCUT2D eigenvalue weighted by Crippen LogP contribution is -2.37. The van der Waals surface area contributed by atoms with E-state index < -0.39 is 0 Å². The molecular formula is C23H32Cl4N2O3. The van der Waals surface area contributed by atoms with Crippen molar-refractivity contribution in [3.8, 4) is 11.5 Å². The van der Waals surface area contributed by atoms with Crippen LogP contribution in [0.15, 0.2) is 36.4 Å². The van der Waals surface area contributed by atoms with Gasteiger partial charge >= 0.3 is 0 Å². The molecule has 0 bridgehead atoms. The van der Waals surface area contributed by atoms with Crippen LogP contribution in [0.4, 0.5) is 0 Å². The zero-order chi connectivity index (χ0) is 21.2. The Morgan fingerprint density at radius 2 is 1.78 bits per heavy atom. The molecule has 3 rings (SSSR count). The number of hydrogen-bond acceptors (Lipinski definition) is 5. The third kappa shape index (κ3) is 9.52. The molecule has 1 fully saturated rings. The van der Waals surface area contributed by atoms with E-state index in [0.717, 1.165) is 63.7 Å². The quantitative estimate of drug-likeness (QED) is 0.385. The van der Waals surface area contributed by atoms with Crippen LogP contribution in [0, 0.1) is 0 Å². The predicted molar refractivity (Wildman–Crippen MR) is 136 cm³/mol. The molecule has 1 aliphatic rings. The van der Waals surface area contributed by atoms with E-state index in [-0.39, 0.29) is 24.8 Å². The van der Waals surface area contributed by atoms with Crippen LogP contribution in [0.1, 0.15) is 24.5 Å². The molecular weight excluding hydrogens is 494 g/mol. The van der Waals surface area contributed by atoms with Crippen LogP contribution in [0.5, 0.6) is 11.5 Å². The Balaban J connectivity index is 0.00000256. The minimum Gasteiger partial charge on any atom is -0.490 e. The molecule has 0 unspecified atom stereocenters. The molecule has 0 aliphatic carbocycles. The molecule has 0 amide bonds. The number of benzene rings is 2. The lowest BCUT2D eigenvalue weighted by Gasteiger charge is -2.26. The van der Waals surface area contributed by atoms with E-state index in [2.05, 4.69) is 16.3 Å². The second kappa shape index (κ2) is 15.8. The van der Waals surface area contributed by atoms with E-state index in [1.165, 1.54) is 5.56 Å². The zero-order valence-electron chi connectivity index (χ0n) is 18.3.